The van der Waals surface area contributed by atoms with Crippen LogP contribution < -0.4 is 9.47 Å². The lowest BCUT2D eigenvalue weighted by atomic mass is 9.90. The number of ether oxygens (including phenoxy) is 2. The number of methoxy groups -OCH3 is 1. The van der Waals surface area contributed by atoms with Crippen molar-refractivity contribution in [3.05, 3.63) is 70.3 Å². The fourth-order valence-corrected chi connectivity index (χ4v) is 3.78. The monoisotopic (exact) mass is 438 g/mol. The van der Waals surface area contributed by atoms with Gasteiger partial charge in [0.05, 0.1) is 7.11 Å². The van der Waals surface area contributed by atoms with Crippen molar-refractivity contribution in [3.8, 4) is 23.0 Å². The molecule has 1 aliphatic rings. The first-order valence-electron chi connectivity index (χ1n) is 10.6. The number of hydrogen-bond acceptors (Lipinski definition) is 6. The van der Waals surface area contributed by atoms with Crippen molar-refractivity contribution in [1.29, 1.82) is 0 Å². The number of phenols is 2. The molecule has 2 atom stereocenters. The fourth-order valence-electron chi connectivity index (χ4n) is 3.78. The summed E-state index contributed by atoms with van der Waals surface area (Å²) in [5, 5.41) is 30.9. The van der Waals surface area contributed by atoms with Gasteiger partial charge in [0, 0.05) is 11.6 Å². The van der Waals surface area contributed by atoms with E-state index in [1.54, 1.807) is 12.1 Å². The first-order valence-corrected chi connectivity index (χ1v) is 10.6. The summed E-state index contributed by atoms with van der Waals surface area (Å²) in [6.07, 6.45) is 4.00. The zero-order chi connectivity index (χ0) is 23.4. The molecule has 0 bridgehead atoms. The largest absolute Gasteiger partial charge is 0.508 e. The minimum Gasteiger partial charge on any atom is -0.508 e. The number of aromatic hydroxyl groups is 2. The summed E-state index contributed by atoms with van der Waals surface area (Å²) in [6.45, 7) is 6.16. The first-order chi connectivity index (χ1) is 15.2. The summed E-state index contributed by atoms with van der Waals surface area (Å²) in [7, 11) is 1.43. The molecule has 1 heterocycles. The van der Waals surface area contributed by atoms with Crippen molar-refractivity contribution in [2.45, 2.75) is 52.2 Å². The lowest BCUT2D eigenvalue weighted by molar-refractivity contribution is 0.0210. The molecule has 0 aromatic heterocycles. The van der Waals surface area contributed by atoms with E-state index >= 15 is 0 Å². The smallest absolute Gasteiger partial charge is 0.202 e. The van der Waals surface area contributed by atoms with Gasteiger partial charge in [-0.3, -0.25) is 4.79 Å². The van der Waals surface area contributed by atoms with Crippen LogP contribution in [0.1, 0.15) is 61.2 Å². The van der Waals surface area contributed by atoms with Gasteiger partial charge >= 0.3 is 0 Å². The predicted octanol–water partition coefficient (Wildman–Crippen LogP) is 5.02. The summed E-state index contributed by atoms with van der Waals surface area (Å²) in [5.74, 6) is -0.143. The molecule has 1 aliphatic heterocycles. The number of carbonyl (C=O) groups is 1. The number of fused-ring (bicyclic) bond motifs is 1. The summed E-state index contributed by atoms with van der Waals surface area (Å²) in [4.78, 5) is 13.1. The number of ketones is 1. The molecule has 0 fully saturated rings. The summed E-state index contributed by atoms with van der Waals surface area (Å²) < 4.78 is 11.4. The SMILES string of the molecule is COc1c(CC=C(C)CCC=C(C)C)c(O)cc2c1C(=O)C(O)C(c1ccc(O)cc1)O2. The number of benzene rings is 2. The second kappa shape index (κ2) is 9.92. The standard InChI is InChI=1S/C26H30O6/c1-15(2)6-5-7-16(3)8-13-19-20(28)14-21-22(26(19)31-4)23(29)24(30)25(32-21)17-9-11-18(27)12-10-17/h6,8-12,14,24-25,27-28,30H,5,7,13H2,1-4H3. The molecule has 2 aromatic carbocycles. The van der Waals surface area contributed by atoms with Crippen molar-refractivity contribution in [3.63, 3.8) is 0 Å². The highest BCUT2D eigenvalue weighted by atomic mass is 16.5. The molecule has 3 N–H and O–H groups in total. The van der Waals surface area contributed by atoms with Gasteiger partial charge in [-0.15, -0.1) is 0 Å². The van der Waals surface area contributed by atoms with Gasteiger partial charge in [0.2, 0.25) is 5.78 Å². The van der Waals surface area contributed by atoms with E-state index in [-0.39, 0.29) is 28.6 Å². The number of allylic oxidation sites excluding steroid dienone is 4. The number of Topliss-reactive ketones (excluding diaryl/α,β-unsaturated/α-hetero) is 1. The van der Waals surface area contributed by atoms with E-state index in [0.29, 0.717) is 17.5 Å². The molecule has 6 heteroatoms. The third-order valence-electron chi connectivity index (χ3n) is 5.55. The van der Waals surface area contributed by atoms with Gasteiger partial charge in [0.15, 0.2) is 12.2 Å². The quantitative estimate of drug-likeness (QED) is 0.526. The molecule has 0 saturated heterocycles. The molecule has 6 nitrogen and oxygen atoms in total. The van der Waals surface area contributed by atoms with Crippen LogP contribution in [0.3, 0.4) is 0 Å². The van der Waals surface area contributed by atoms with Crippen LogP contribution in [0.25, 0.3) is 0 Å². The molecule has 0 saturated carbocycles. The Morgan fingerprint density at radius 3 is 2.44 bits per heavy atom. The maximum Gasteiger partial charge on any atom is 0.202 e. The van der Waals surface area contributed by atoms with Crippen LogP contribution in [0.15, 0.2) is 53.6 Å². The molecule has 0 radical (unpaired) electrons. The Morgan fingerprint density at radius 2 is 1.81 bits per heavy atom. The molecular weight excluding hydrogens is 408 g/mol. The van der Waals surface area contributed by atoms with Gasteiger partial charge in [-0.25, -0.2) is 0 Å². The molecule has 0 amide bonds. The second-order valence-electron chi connectivity index (χ2n) is 8.29. The van der Waals surface area contributed by atoms with Crippen molar-refractivity contribution < 1.29 is 29.6 Å². The zero-order valence-electron chi connectivity index (χ0n) is 18.9. The summed E-state index contributed by atoms with van der Waals surface area (Å²) in [5.41, 5.74) is 3.57. The highest BCUT2D eigenvalue weighted by molar-refractivity contribution is 6.06. The Bertz CT molecular complexity index is 1040. The highest BCUT2D eigenvalue weighted by Gasteiger charge is 2.40. The van der Waals surface area contributed by atoms with E-state index in [0.717, 1.165) is 18.4 Å². The van der Waals surface area contributed by atoms with Gasteiger partial charge in [0.25, 0.3) is 0 Å². The van der Waals surface area contributed by atoms with Gasteiger partial charge in [-0.05, 0) is 57.7 Å². The van der Waals surface area contributed by atoms with Gasteiger partial charge in [-0.1, -0.05) is 35.4 Å². The average molecular weight is 439 g/mol. The minimum absolute atomic E-state index is 0.0393. The number of carbonyl (C=O) groups excluding carboxylic acids is 1. The molecule has 3 rings (SSSR count). The first kappa shape index (κ1) is 23.4. The molecule has 2 unspecified atom stereocenters. The summed E-state index contributed by atoms with van der Waals surface area (Å²) in [6, 6.07) is 7.47. The van der Waals surface area contributed by atoms with Crippen LogP contribution in [0.2, 0.25) is 0 Å². The zero-order valence-corrected chi connectivity index (χ0v) is 18.9. The van der Waals surface area contributed by atoms with E-state index in [2.05, 4.69) is 19.9 Å². The van der Waals surface area contributed by atoms with Crippen molar-refractivity contribution in [2.24, 2.45) is 0 Å². The average Bonchev–Trinajstić information content (AvgIpc) is 2.75. The third kappa shape index (κ3) is 4.97. The molecular formula is C26H30O6. The predicted molar refractivity (Wildman–Crippen MR) is 123 cm³/mol. The maximum absolute atomic E-state index is 13.1. The minimum atomic E-state index is -1.44. The Morgan fingerprint density at radius 1 is 1.12 bits per heavy atom. The van der Waals surface area contributed by atoms with Crippen LogP contribution in [0.4, 0.5) is 0 Å². The molecule has 0 spiro atoms. The van der Waals surface area contributed by atoms with Crippen LogP contribution in [0, 0.1) is 0 Å². The number of aliphatic hydroxyl groups is 1. The van der Waals surface area contributed by atoms with Gasteiger partial charge < -0.3 is 24.8 Å². The molecule has 2 aromatic rings. The lowest BCUT2D eigenvalue weighted by Crippen LogP contribution is -2.36. The van der Waals surface area contributed by atoms with Crippen LogP contribution in [0.5, 0.6) is 23.0 Å². The van der Waals surface area contributed by atoms with Crippen LogP contribution in [-0.2, 0) is 6.42 Å². The van der Waals surface area contributed by atoms with Crippen molar-refractivity contribution in [2.75, 3.05) is 7.11 Å². The van der Waals surface area contributed by atoms with Crippen molar-refractivity contribution >= 4 is 5.78 Å². The van der Waals surface area contributed by atoms with Crippen LogP contribution in [-0.4, -0.2) is 34.3 Å². The Labute approximate surface area is 188 Å². The van der Waals surface area contributed by atoms with Gasteiger partial charge in [-0.2, -0.15) is 0 Å². The van der Waals surface area contributed by atoms with E-state index in [1.807, 2.05) is 13.0 Å². The second-order valence-corrected chi connectivity index (χ2v) is 8.29. The molecule has 32 heavy (non-hydrogen) atoms. The van der Waals surface area contributed by atoms with Gasteiger partial charge in [0.1, 0.15) is 28.6 Å². The van der Waals surface area contributed by atoms with Crippen molar-refractivity contribution in [1.82, 2.24) is 0 Å². The lowest BCUT2D eigenvalue weighted by Gasteiger charge is -2.31. The fraction of sp³-hybridized carbons (Fsp3) is 0.346. The number of aliphatic hydroxyl groups excluding tert-OH is 1. The number of rotatable bonds is 7. The highest BCUT2D eigenvalue weighted by Crippen LogP contribution is 2.45. The number of phenolic OH excluding ortho intramolecular Hbond substituents is 2. The normalized spacial score (nSPS) is 18.0. The third-order valence-corrected chi connectivity index (χ3v) is 5.55. The topological polar surface area (TPSA) is 96.2 Å². The van der Waals surface area contributed by atoms with E-state index in [1.165, 1.54) is 30.9 Å². The van der Waals surface area contributed by atoms with E-state index in [4.69, 9.17) is 9.47 Å². The van der Waals surface area contributed by atoms with E-state index in [9.17, 15) is 20.1 Å². The Balaban J connectivity index is 1.92. The molecule has 0 aliphatic carbocycles. The van der Waals surface area contributed by atoms with Crippen LogP contribution >= 0.6 is 0 Å². The molecule has 170 valence electrons. The Kier molecular flexibility index (Phi) is 7.26. The number of hydrogen-bond donors (Lipinski definition) is 3. The van der Waals surface area contributed by atoms with E-state index < -0.39 is 18.0 Å². The Hall–Kier alpha value is -3.25. The summed E-state index contributed by atoms with van der Waals surface area (Å²) >= 11 is 0. The maximum atomic E-state index is 13.1.